The van der Waals surface area contributed by atoms with E-state index in [1.54, 1.807) is 6.92 Å². The number of amides is 2. The second-order valence-electron chi connectivity index (χ2n) is 4.17. The van der Waals surface area contributed by atoms with E-state index >= 15 is 0 Å². The van der Waals surface area contributed by atoms with Crippen molar-refractivity contribution < 1.29 is 27.6 Å². The van der Waals surface area contributed by atoms with Crippen LogP contribution >= 0.6 is 0 Å². The molecule has 1 rings (SSSR count). The highest BCUT2D eigenvalue weighted by Gasteiger charge is 2.33. The molecule has 1 aliphatic heterocycles. The molecular formula is C14H15NO6S. The summed E-state index contributed by atoms with van der Waals surface area (Å²) in [6.45, 7) is 4.78. The fourth-order valence-electron chi connectivity index (χ4n) is 1.47. The van der Waals surface area contributed by atoms with Crippen LogP contribution in [0.1, 0.15) is 19.8 Å². The van der Waals surface area contributed by atoms with E-state index in [2.05, 4.69) is 6.58 Å². The molecule has 0 aromatic heterocycles. The van der Waals surface area contributed by atoms with Gasteiger partial charge < -0.3 is 4.84 Å². The molecule has 0 unspecified atom stereocenters. The van der Waals surface area contributed by atoms with Gasteiger partial charge in [0.1, 0.15) is 0 Å². The van der Waals surface area contributed by atoms with Crippen LogP contribution < -0.4 is 0 Å². The van der Waals surface area contributed by atoms with Crippen molar-refractivity contribution in [1.29, 1.82) is 0 Å². The van der Waals surface area contributed by atoms with Gasteiger partial charge in [-0.2, -0.15) is 0 Å². The Kier molecular flexibility index (Phi) is 6.00. The summed E-state index contributed by atoms with van der Waals surface area (Å²) < 4.78 is 22.4. The number of sulfone groups is 1. The molecule has 0 radical (unpaired) electrons. The molecule has 2 amide bonds. The van der Waals surface area contributed by atoms with E-state index in [9.17, 15) is 22.8 Å². The maximum Gasteiger partial charge on any atom is 0.363 e. The summed E-state index contributed by atoms with van der Waals surface area (Å²) in [5, 5.41) is 2.03. The maximum absolute atomic E-state index is 11.9. The molecule has 1 aliphatic rings. The lowest BCUT2D eigenvalue weighted by Gasteiger charge is -2.12. The van der Waals surface area contributed by atoms with E-state index in [4.69, 9.17) is 4.84 Å². The molecule has 22 heavy (non-hydrogen) atoms. The molecule has 1 heterocycles. The Labute approximate surface area is 128 Å². The van der Waals surface area contributed by atoms with E-state index in [-0.39, 0.29) is 18.4 Å². The van der Waals surface area contributed by atoms with Crippen LogP contribution in [-0.4, -0.2) is 31.3 Å². The lowest BCUT2D eigenvalue weighted by Crippen LogP contribution is -2.32. The Bertz CT molecular complexity index is 668. The van der Waals surface area contributed by atoms with Crippen LogP contribution in [0.25, 0.3) is 0 Å². The largest absolute Gasteiger partial charge is 0.363 e. The van der Waals surface area contributed by atoms with Crippen LogP contribution in [-0.2, 0) is 29.1 Å². The summed E-state index contributed by atoms with van der Waals surface area (Å²) in [5.74, 6) is -2.13. The third-order valence-corrected chi connectivity index (χ3v) is 3.54. The van der Waals surface area contributed by atoms with Crippen molar-refractivity contribution in [1.82, 2.24) is 5.06 Å². The predicted molar refractivity (Wildman–Crippen MR) is 78.3 cm³/mol. The van der Waals surface area contributed by atoms with Gasteiger partial charge in [0, 0.05) is 23.7 Å². The zero-order valence-electron chi connectivity index (χ0n) is 11.9. The first-order chi connectivity index (χ1) is 10.3. The first-order valence-corrected chi connectivity index (χ1v) is 7.88. The summed E-state index contributed by atoms with van der Waals surface area (Å²) >= 11 is 0. The number of allylic oxidation sites excluding steroid dienone is 3. The number of hydrogen-bond acceptors (Lipinski definition) is 6. The Balaban J connectivity index is 2.91. The Morgan fingerprint density at radius 2 is 1.86 bits per heavy atom. The van der Waals surface area contributed by atoms with Gasteiger partial charge in [0.25, 0.3) is 11.8 Å². The smallest absolute Gasteiger partial charge is 0.325 e. The molecule has 0 saturated carbocycles. The summed E-state index contributed by atoms with van der Waals surface area (Å²) in [4.78, 5) is 39.4. The summed E-state index contributed by atoms with van der Waals surface area (Å²) in [6, 6.07) is 0. The third kappa shape index (κ3) is 4.81. The van der Waals surface area contributed by atoms with Crippen molar-refractivity contribution in [3.8, 4) is 0 Å². The minimum Gasteiger partial charge on any atom is -0.325 e. The number of rotatable bonds is 6. The molecule has 0 bridgehead atoms. The van der Waals surface area contributed by atoms with Crippen LogP contribution in [0.3, 0.4) is 0 Å². The molecule has 0 spiro atoms. The van der Waals surface area contributed by atoms with Gasteiger partial charge in [-0.3, -0.25) is 9.59 Å². The predicted octanol–water partition coefficient (Wildman–Crippen LogP) is 1.17. The monoisotopic (exact) mass is 325 g/mol. The summed E-state index contributed by atoms with van der Waals surface area (Å²) in [7, 11) is -3.55. The first-order valence-electron chi connectivity index (χ1n) is 6.27. The fourth-order valence-corrected chi connectivity index (χ4v) is 1.88. The topological polar surface area (TPSA) is 97.8 Å². The van der Waals surface area contributed by atoms with Crippen molar-refractivity contribution in [2.75, 3.05) is 0 Å². The molecular weight excluding hydrogens is 310 g/mol. The average molecular weight is 325 g/mol. The normalized spacial score (nSPS) is 16.8. The van der Waals surface area contributed by atoms with Crippen molar-refractivity contribution >= 4 is 27.6 Å². The van der Waals surface area contributed by atoms with Crippen LogP contribution in [0.2, 0.25) is 0 Å². The zero-order chi connectivity index (χ0) is 16.8. The Hall–Kier alpha value is -2.48. The van der Waals surface area contributed by atoms with Crippen molar-refractivity contribution in [2.45, 2.75) is 19.8 Å². The van der Waals surface area contributed by atoms with E-state index in [0.29, 0.717) is 5.06 Å². The Morgan fingerprint density at radius 1 is 1.27 bits per heavy atom. The Morgan fingerprint density at radius 3 is 2.36 bits per heavy atom. The first kappa shape index (κ1) is 17.6. The molecule has 0 aromatic carbocycles. The molecule has 0 aromatic rings. The second kappa shape index (κ2) is 7.51. The average Bonchev–Trinajstić information content (AvgIpc) is 2.78. The van der Waals surface area contributed by atoms with Gasteiger partial charge in [-0.05, 0) is 19.1 Å². The number of carbonyl (C=O) groups excluding carboxylic acids is 3. The van der Waals surface area contributed by atoms with Crippen molar-refractivity contribution in [3.05, 3.63) is 47.3 Å². The van der Waals surface area contributed by atoms with E-state index in [0.717, 1.165) is 16.9 Å². The van der Waals surface area contributed by atoms with Crippen LogP contribution in [0.15, 0.2) is 47.3 Å². The highest BCUT2D eigenvalue weighted by atomic mass is 32.2. The molecule has 7 nitrogen and oxygen atoms in total. The molecule has 0 aliphatic carbocycles. The van der Waals surface area contributed by atoms with Crippen LogP contribution in [0.5, 0.6) is 0 Å². The van der Waals surface area contributed by atoms with Crippen molar-refractivity contribution in [2.24, 2.45) is 0 Å². The minimum absolute atomic E-state index is 0.00768. The summed E-state index contributed by atoms with van der Waals surface area (Å²) in [5.41, 5.74) is -0.0227. The summed E-state index contributed by atoms with van der Waals surface area (Å²) in [6.07, 6.45) is 5.18. The number of hydroxylamine groups is 2. The van der Waals surface area contributed by atoms with Crippen LogP contribution in [0, 0.1) is 0 Å². The van der Waals surface area contributed by atoms with Gasteiger partial charge in [0.2, 0.25) is 0 Å². The molecule has 0 atom stereocenters. The molecule has 1 saturated heterocycles. The van der Waals surface area contributed by atoms with Gasteiger partial charge in [-0.25, -0.2) is 13.2 Å². The van der Waals surface area contributed by atoms with Gasteiger partial charge in [0.05, 0.1) is 5.57 Å². The number of nitrogens with zero attached hydrogens (tertiary/aromatic N) is 1. The number of hydrogen-bond donors (Lipinski definition) is 0. The van der Waals surface area contributed by atoms with Gasteiger partial charge in [-0.15, -0.1) is 5.06 Å². The van der Waals surface area contributed by atoms with Crippen LogP contribution in [0.4, 0.5) is 0 Å². The SMILES string of the molecule is C=CS(=O)(=O)/C=C/C=C(\C=C/C)C(=O)ON1C(=O)CCC1=O. The zero-order valence-corrected chi connectivity index (χ0v) is 12.7. The van der Waals surface area contributed by atoms with Crippen molar-refractivity contribution in [3.63, 3.8) is 0 Å². The standard InChI is InChI=1S/C14H15NO6S/c1-3-6-11(7-5-10-22(19,20)4-2)14(18)21-15-12(16)8-9-13(15)17/h3-7,10H,2,8-9H2,1H3/b6-3-,10-5+,11-7+. The highest BCUT2D eigenvalue weighted by Crippen LogP contribution is 2.14. The highest BCUT2D eigenvalue weighted by molar-refractivity contribution is 7.97. The third-order valence-electron chi connectivity index (χ3n) is 2.54. The van der Waals surface area contributed by atoms with E-state index in [1.165, 1.54) is 18.2 Å². The maximum atomic E-state index is 11.9. The van der Waals surface area contributed by atoms with E-state index < -0.39 is 27.6 Å². The molecule has 1 fully saturated rings. The van der Waals surface area contributed by atoms with Gasteiger partial charge in [0.15, 0.2) is 9.84 Å². The van der Waals surface area contributed by atoms with E-state index in [1.807, 2.05) is 0 Å². The van der Waals surface area contributed by atoms with Gasteiger partial charge >= 0.3 is 5.97 Å². The molecule has 118 valence electrons. The lowest BCUT2D eigenvalue weighted by atomic mass is 10.2. The van der Waals surface area contributed by atoms with Gasteiger partial charge in [-0.1, -0.05) is 18.7 Å². The molecule has 0 N–H and O–H groups in total. The quantitative estimate of drug-likeness (QED) is 0.413. The fraction of sp³-hybridized carbons (Fsp3) is 0.214. The lowest BCUT2D eigenvalue weighted by molar-refractivity contribution is -0.194. The minimum atomic E-state index is -3.55. The molecule has 8 heteroatoms. The second-order valence-corrected chi connectivity index (χ2v) is 5.95. The number of carbonyl (C=O) groups is 3. The number of imide groups is 1.